The first-order valence-electron chi connectivity index (χ1n) is 7.23. The Labute approximate surface area is 130 Å². The van der Waals surface area contributed by atoms with Gasteiger partial charge in [-0.3, -0.25) is 25.3 Å². The van der Waals surface area contributed by atoms with Crippen LogP contribution in [-0.2, 0) is 19.1 Å². The molecule has 8 heteroatoms. The third kappa shape index (κ3) is 4.59. The second kappa shape index (κ2) is 6.51. The van der Waals surface area contributed by atoms with Gasteiger partial charge < -0.3 is 9.47 Å². The molecule has 0 aromatic rings. The van der Waals surface area contributed by atoms with Gasteiger partial charge in [-0.25, -0.2) is 4.79 Å². The highest BCUT2D eigenvalue weighted by Crippen LogP contribution is 2.29. The van der Waals surface area contributed by atoms with Crippen molar-refractivity contribution in [3.8, 4) is 0 Å². The standard InChI is InChI=1S/C14H25N3O5/c1-7-10(18)15-16-11(19)9-8-21-14(5,6)17(9)12(20)22-13(2,3)4/h9H,7-8H2,1-6H3,(H,15,18)(H,16,19)/t9-/m0/s1. The maximum atomic E-state index is 12.3. The Bertz CT molecular complexity index is 456. The number of carbonyl (C=O) groups is 3. The van der Waals surface area contributed by atoms with Gasteiger partial charge >= 0.3 is 6.09 Å². The molecule has 1 fully saturated rings. The van der Waals surface area contributed by atoms with E-state index in [1.807, 2.05) is 0 Å². The molecule has 2 N–H and O–H groups in total. The molecule has 1 aliphatic heterocycles. The zero-order valence-electron chi connectivity index (χ0n) is 14.0. The van der Waals surface area contributed by atoms with E-state index < -0.39 is 29.4 Å². The third-order valence-corrected chi connectivity index (χ3v) is 3.03. The molecule has 0 aromatic carbocycles. The molecule has 126 valence electrons. The van der Waals surface area contributed by atoms with E-state index in [0.29, 0.717) is 0 Å². The van der Waals surface area contributed by atoms with E-state index >= 15 is 0 Å². The van der Waals surface area contributed by atoms with Gasteiger partial charge in [0.2, 0.25) is 5.91 Å². The van der Waals surface area contributed by atoms with E-state index in [1.165, 1.54) is 4.90 Å². The summed E-state index contributed by atoms with van der Waals surface area (Å²) in [6.07, 6.45) is -0.403. The summed E-state index contributed by atoms with van der Waals surface area (Å²) in [5, 5.41) is 0. The number of hydrazine groups is 1. The summed E-state index contributed by atoms with van der Waals surface area (Å²) in [6, 6.07) is -0.873. The highest BCUT2D eigenvalue weighted by Gasteiger charge is 2.48. The van der Waals surface area contributed by atoms with Gasteiger partial charge in [-0.2, -0.15) is 0 Å². The van der Waals surface area contributed by atoms with Crippen molar-refractivity contribution in [3.63, 3.8) is 0 Å². The molecule has 0 radical (unpaired) electrons. The quantitative estimate of drug-likeness (QED) is 0.738. The Balaban J connectivity index is 2.82. The lowest BCUT2D eigenvalue weighted by atomic mass is 10.2. The van der Waals surface area contributed by atoms with Crippen molar-refractivity contribution >= 4 is 17.9 Å². The van der Waals surface area contributed by atoms with Crippen molar-refractivity contribution in [3.05, 3.63) is 0 Å². The van der Waals surface area contributed by atoms with Gasteiger partial charge in [-0.15, -0.1) is 0 Å². The van der Waals surface area contributed by atoms with Crippen molar-refractivity contribution in [1.29, 1.82) is 0 Å². The van der Waals surface area contributed by atoms with E-state index in [9.17, 15) is 14.4 Å². The molecule has 1 saturated heterocycles. The summed E-state index contributed by atoms with van der Waals surface area (Å²) in [4.78, 5) is 37.0. The number of hydrogen-bond donors (Lipinski definition) is 2. The number of hydrogen-bond acceptors (Lipinski definition) is 5. The predicted octanol–water partition coefficient (Wildman–Crippen LogP) is 0.916. The van der Waals surface area contributed by atoms with Gasteiger partial charge in [-0.1, -0.05) is 6.92 Å². The summed E-state index contributed by atoms with van der Waals surface area (Å²) in [5.41, 5.74) is 2.90. The molecule has 0 spiro atoms. The van der Waals surface area contributed by atoms with Crippen LogP contribution in [0.5, 0.6) is 0 Å². The number of nitrogens with zero attached hydrogens (tertiary/aromatic N) is 1. The minimum absolute atomic E-state index is 0.0278. The summed E-state index contributed by atoms with van der Waals surface area (Å²) < 4.78 is 10.8. The number of carbonyl (C=O) groups excluding carboxylic acids is 3. The van der Waals surface area contributed by atoms with Crippen LogP contribution in [0, 0.1) is 0 Å². The molecule has 8 nitrogen and oxygen atoms in total. The molecule has 0 aromatic heterocycles. The normalized spacial score (nSPS) is 20.5. The highest BCUT2D eigenvalue weighted by molar-refractivity contribution is 5.88. The van der Waals surface area contributed by atoms with Crippen molar-refractivity contribution in [2.24, 2.45) is 0 Å². The zero-order chi connectivity index (χ0) is 17.1. The molecule has 0 unspecified atom stereocenters. The lowest BCUT2D eigenvalue weighted by Gasteiger charge is -2.34. The lowest BCUT2D eigenvalue weighted by Crippen LogP contribution is -2.57. The first-order valence-corrected chi connectivity index (χ1v) is 7.23. The van der Waals surface area contributed by atoms with E-state index in [0.717, 1.165) is 0 Å². The zero-order valence-corrected chi connectivity index (χ0v) is 14.0. The molecule has 1 atom stereocenters. The first-order chi connectivity index (χ1) is 9.98. The van der Waals surface area contributed by atoms with Crippen molar-refractivity contribution in [1.82, 2.24) is 15.8 Å². The van der Waals surface area contributed by atoms with Crippen LogP contribution < -0.4 is 10.9 Å². The Kier molecular flexibility index (Phi) is 5.39. The molecule has 1 rings (SSSR count). The van der Waals surface area contributed by atoms with Crippen LogP contribution in [0.3, 0.4) is 0 Å². The average Bonchev–Trinajstić information content (AvgIpc) is 2.69. The fraction of sp³-hybridized carbons (Fsp3) is 0.786. The van der Waals surface area contributed by atoms with Gasteiger partial charge in [0, 0.05) is 6.42 Å². The van der Waals surface area contributed by atoms with Crippen molar-refractivity contribution < 1.29 is 23.9 Å². The fourth-order valence-electron chi connectivity index (χ4n) is 1.96. The monoisotopic (exact) mass is 315 g/mol. The van der Waals surface area contributed by atoms with Gasteiger partial charge in [-0.05, 0) is 34.6 Å². The molecular weight excluding hydrogens is 290 g/mol. The van der Waals surface area contributed by atoms with E-state index in [1.54, 1.807) is 41.5 Å². The molecule has 1 aliphatic rings. The summed E-state index contributed by atoms with van der Waals surface area (Å²) in [7, 11) is 0. The molecular formula is C14H25N3O5. The molecule has 0 saturated carbocycles. The van der Waals surface area contributed by atoms with Crippen LogP contribution in [0.2, 0.25) is 0 Å². The molecule has 1 heterocycles. The maximum Gasteiger partial charge on any atom is 0.413 e. The van der Waals surface area contributed by atoms with Crippen LogP contribution in [0.25, 0.3) is 0 Å². The third-order valence-electron chi connectivity index (χ3n) is 3.03. The molecule has 22 heavy (non-hydrogen) atoms. The highest BCUT2D eigenvalue weighted by atomic mass is 16.6. The maximum absolute atomic E-state index is 12.3. The number of nitrogens with one attached hydrogen (secondary N) is 2. The fourth-order valence-corrected chi connectivity index (χ4v) is 1.96. The lowest BCUT2D eigenvalue weighted by molar-refractivity contribution is -0.132. The summed E-state index contributed by atoms with van der Waals surface area (Å²) in [5.74, 6) is -0.853. The van der Waals surface area contributed by atoms with Crippen molar-refractivity contribution in [2.45, 2.75) is 65.3 Å². The van der Waals surface area contributed by atoms with E-state index in [2.05, 4.69) is 10.9 Å². The predicted molar refractivity (Wildman–Crippen MR) is 78.5 cm³/mol. The van der Waals surface area contributed by atoms with Gasteiger partial charge in [0.25, 0.3) is 5.91 Å². The Morgan fingerprint density at radius 3 is 2.36 bits per heavy atom. The Hall–Kier alpha value is -1.83. The van der Waals surface area contributed by atoms with Gasteiger partial charge in [0.15, 0.2) is 0 Å². The molecule has 0 aliphatic carbocycles. The van der Waals surface area contributed by atoms with Crippen LogP contribution in [-0.4, -0.2) is 46.8 Å². The number of rotatable bonds is 2. The molecule has 3 amide bonds. The average molecular weight is 315 g/mol. The van der Waals surface area contributed by atoms with E-state index in [4.69, 9.17) is 9.47 Å². The van der Waals surface area contributed by atoms with Crippen LogP contribution in [0.4, 0.5) is 4.79 Å². The second-order valence-corrected chi connectivity index (χ2v) is 6.51. The molecule has 0 bridgehead atoms. The van der Waals surface area contributed by atoms with Gasteiger partial charge in [0.05, 0.1) is 6.61 Å². The topological polar surface area (TPSA) is 97.0 Å². The Morgan fingerprint density at radius 2 is 1.86 bits per heavy atom. The number of ether oxygens (including phenoxy) is 2. The Morgan fingerprint density at radius 1 is 1.27 bits per heavy atom. The van der Waals surface area contributed by atoms with E-state index in [-0.39, 0.29) is 18.9 Å². The minimum atomic E-state index is -0.973. The largest absolute Gasteiger partial charge is 0.444 e. The van der Waals surface area contributed by atoms with Crippen LogP contribution in [0.1, 0.15) is 48.0 Å². The van der Waals surface area contributed by atoms with Gasteiger partial charge in [0.1, 0.15) is 17.4 Å². The first kappa shape index (κ1) is 18.2. The number of amides is 3. The van der Waals surface area contributed by atoms with Crippen LogP contribution >= 0.6 is 0 Å². The summed E-state index contributed by atoms with van der Waals surface area (Å²) in [6.45, 7) is 10.3. The van der Waals surface area contributed by atoms with Crippen molar-refractivity contribution in [2.75, 3.05) is 6.61 Å². The SMILES string of the molecule is CCC(=O)NNC(=O)[C@@H]1COC(C)(C)N1C(=O)OC(C)(C)C. The van der Waals surface area contributed by atoms with Crippen LogP contribution in [0.15, 0.2) is 0 Å². The smallest absolute Gasteiger partial charge is 0.413 e. The minimum Gasteiger partial charge on any atom is -0.444 e. The second-order valence-electron chi connectivity index (χ2n) is 6.51. The summed E-state index contributed by atoms with van der Waals surface area (Å²) >= 11 is 0.